The Morgan fingerprint density at radius 3 is 2.64 bits per heavy atom. The van der Waals surface area contributed by atoms with E-state index in [9.17, 15) is 4.79 Å². The first kappa shape index (κ1) is 18.3. The maximum atomic E-state index is 12.3. The summed E-state index contributed by atoms with van der Waals surface area (Å²) in [6.07, 6.45) is 0. The summed E-state index contributed by atoms with van der Waals surface area (Å²) in [6.45, 7) is 8.81. The van der Waals surface area contributed by atoms with E-state index in [1.54, 1.807) is 0 Å². The number of carbonyl (C=O) groups excluding carboxylic acids is 1. The van der Waals surface area contributed by atoms with Gasteiger partial charge in [0.1, 0.15) is 5.76 Å². The molecule has 0 radical (unpaired) electrons. The Kier molecular flexibility index (Phi) is 6.20. The topological polar surface area (TPSA) is 86.1 Å². The van der Waals surface area contributed by atoms with Crippen molar-refractivity contribution >= 4 is 18.3 Å². The van der Waals surface area contributed by atoms with E-state index in [0.29, 0.717) is 24.5 Å². The molecule has 22 heavy (non-hydrogen) atoms. The number of nitrogens with zero attached hydrogens (tertiary/aromatic N) is 2. The zero-order valence-electron chi connectivity index (χ0n) is 13.3. The van der Waals surface area contributed by atoms with Gasteiger partial charge in [0, 0.05) is 24.0 Å². The molecule has 2 heterocycles. The van der Waals surface area contributed by atoms with Gasteiger partial charge in [-0.2, -0.15) is 0 Å². The molecule has 6 nitrogen and oxygen atoms in total. The number of amides is 1. The number of rotatable bonds is 5. The molecule has 1 atom stereocenters. The van der Waals surface area contributed by atoms with Gasteiger partial charge in [0.2, 0.25) is 0 Å². The summed E-state index contributed by atoms with van der Waals surface area (Å²) < 4.78 is 7.02. The van der Waals surface area contributed by atoms with Crippen LogP contribution in [0.25, 0.3) is 5.82 Å². The third-order valence-electron chi connectivity index (χ3n) is 3.53. The van der Waals surface area contributed by atoms with Crippen LogP contribution in [0, 0.1) is 26.7 Å². The second kappa shape index (κ2) is 7.47. The van der Waals surface area contributed by atoms with Crippen LogP contribution < -0.4 is 11.1 Å². The highest BCUT2D eigenvalue weighted by molar-refractivity contribution is 5.95. The summed E-state index contributed by atoms with van der Waals surface area (Å²) in [5.74, 6) is 1.60. The fourth-order valence-corrected chi connectivity index (χ4v) is 2.25. The standard InChI is InChI=1S/C15H22N4O2.ClH/c1-9(7-16)8-17-15(20)13-5-10(2)19(12(13)4)14-6-11(3)21-18-14;/h5-6,9H,7-8,16H2,1-4H3,(H,17,20);1H. The predicted octanol–water partition coefficient (Wildman–Crippen LogP) is 2.14. The summed E-state index contributed by atoms with van der Waals surface area (Å²) in [4.78, 5) is 12.3. The van der Waals surface area contributed by atoms with E-state index < -0.39 is 0 Å². The van der Waals surface area contributed by atoms with Crippen molar-refractivity contribution < 1.29 is 9.32 Å². The highest BCUT2D eigenvalue weighted by atomic mass is 35.5. The van der Waals surface area contributed by atoms with Gasteiger partial charge in [-0.15, -0.1) is 12.4 Å². The fourth-order valence-electron chi connectivity index (χ4n) is 2.25. The number of hydrogen-bond donors (Lipinski definition) is 2. The maximum absolute atomic E-state index is 12.3. The largest absolute Gasteiger partial charge is 0.360 e. The summed E-state index contributed by atoms with van der Waals surface area (Å²) in [6, 6.07) is 3.71. The lowest BCUT2D eigenvalue weighted by molar-refractivity contribution is 0.0948. The Labute approximate surface area is 136 Å². The Bertz CT molecular complexity index is 648. The number of hydrogen-bond acceptors (Lipinski definition) is 4. The first-order valence-corrected chi connectivity index (χ1v) is 7.05. The number of nitrogens with two attached hydrogens (primary N) is 1. The van der Waals surface area contributed by atoms with E-state index in [2.05, 4.69) is 10.5 Å². The molecule has 0 fully saturated rings. The maximum Gasteiger partial charge on any atom is 0.253 e. The van der Waals surface area contributed by atoms with Crippen molar-refractivity contribution in [2.24, 2.45) is 11.7 Å². The lowest BCUT2D eigenvalue weighted by Gasteiger charge is -2.10. The Hall–Kier alpha value is -1.79. The fraction of sp³-hybridized carbons (Fsp3) is 0.467. The molecule has 2 rings (SSSR count). The van der Waals surface area contributed by atoms with E-state index in [-0.39, 0.29) is 24.2 Å². The SMILES string of the molecule is Cc1cc(-n2c(C)cc(C(=O)NCC(C)CN)c2C)no1.Cl. The Balaban J connectivity index is 0.00000242. The average Bonchev–Trinajstić information content (AvgIpc) is 2.99. The third kappa shape index (κ3) is 3.69. The van der Waals surface area contributed by atoms with Crippen LogP contribution in [0.4, 0.5) is 0 Å². The van der Waals surface area contributed by atoms with E-state index >= 15 is 0 Å². The van der Waals surface area contributed by atoms with Crippen molar-refractivity contribution in [1.29, 1.82) is 0 Å². The van der Waals surface area contributed by atoms with Gasteiger partial charge >= 0.3 is 0 Å². The minimum Gasteiger partial charge on any atom is -0.360 e. The molecular formula is C15H23ClN4O2. The summed E-state index contributed by atoms with van der Waals surface area (Å²) in [5, 5.41) is 6.92. The molecule has 0 aliphatic carbocycles. The molecule has 0 bridgehead atoms. The van der Waals surface area contributed by atoms with Crippen LogP contribution in [0.2, 0.25) is 0 Å². The first-order chi connectivity index (χ1) is 9.93. The molecule has 0 aromatic carbocycles. The van der Waals surface area contributed by atoms with Gasteiger partial charge in [-0.3, -0.25) is 9.36 Å². The van der Waals surface area contributed by atoms with Crippen molar-refractivity contribution in [3.63, 3.8) is 0 Å². The van der Waals surface area contributed by atoms with Gasteiger partial charge in [0.25, 0.3) is 5.91 Å². The molecule has 0 saturated heterocycles. The van der Waals surface area contributed by atoms with Gasteiger partial charge in [-0.05, 0) is 39.3 Å². The average molecular weight is 327 g/mol. The van der Waals surface area contributed by atoms with E-state index in [0.717, 1.165) is 17.1 Å². The second-order valence-electron chi connectivity index (χ2n) is 5.47. The molecule has 0 aliphatic heterocycles. The number of carbonyl (C=O) groups is 1. The van der Waals surface area contributed by atoms with Crippen molar-refractivity contribution in [2.75, 3.05) is 13.1 Å². The van der Waals surface area contributed by atoms with Gasteiger partial charge in [-0.25, -0.2) is 0 Å². The van der Waals surface area contributed by atoms with E-state index in [4.69, 9.17) is 10.3 Å². The molecule has 1 amide bonds. The zero-order valence-corrected chi connectivity index (χ0v) is 14.2. The van der Waals surface area contributed by atoms with E-state index in [1.807, 2.05) is 44.4 Å². The number of aryl methyl sites for hydroxylation is 2. The van der Waals surface area contributed by atoms with Crippen LogP contribution >= 0.6 is 12.4 Å². The third-order valence-corrected chi connectivity index (χ3v) is 3.53. The van der Waals surface area contributed by atoms with Crippen molar-refractivity contribution in [3.8, 4) is 5.82 Å². The monoisotopic (exact) mass is 326 g/mol. The first-order valence-electron chi connectivity index (χ1n) is 7.05. The normalized spacial score (nSPS) is 11.9. The van der Waals surface area contributed by atoms with Crippen LogP contribution in [-0.2, 0) is 0 Å². The summed E-state index contributed by atoms with van der Waals surface area (Å²) in [5.41, 5.74) is 8.00. The zero-order chi connectivity index (χ0) is 15.6. The highest BCUT2D eigenvalue weighted by Gasteiger charge is 2.18. The minimum absolute atomic E-state index is 0. The molecule has 0 saturated carbocycles. The Morgan fingerprint density at radius 2 is 2.09 bits per heavy atom. The molecule has 0 spiro atoms. The van der Waals surface area contributed by atoms with Crippen LogP contribution in [-0.4, -0.2) is 28.7 Å². The number of nitrogens with one attached hydrogen (secondary N) is 1. The molecule has 122 valence electrons. The number of aromatic nitrogens is 2. The lowest BCUT2D eigenvalue weighted by atomic mass is 10.1. The summed E-state index contributed by atoms with van der Waals surface area (Å²) in [7, 11) is 0. The van der Waals surface area contributed by atoms with Crippen LogP contribution in [0.1, 0.15) is 34.4 Å². The van der Waals surface area contributed by atoms with E-state index in [1.165, 1.54) is 0 Å². The molecule has 1 unspecified atom stereocenters. The van der Waals surface area contributed by atoms with Gasteiger partial charge in [-0.1, -0.05) is 12.1 Å². The smallest absolute Gasteiger partial charge is 0.253 e. The minimum atomic E-state index is -0.0881. The van der Waals surface area contributed by atoms with Gasteiger partial charge in [0.05, 0.1) is 5.56 Å². The predicted molar refractivity (Wildman–Crippen MR) is 87.8 cm³/mol. The molecule has 2 aromatic heterocycles. The molecule has 0 aliphatic rings. The van der Waals surface area contributed by atoms with Crippen molar-refractivity contribution in [1.82, 2.24) is 15.0 Å². The van der Waals surface area contributed by atoms with Gasteiger partial charge in [0.15, 0.2) is 5.82 Å². The van der Waals surface area contributed by atoms with Crippen LogP contribution in [0.5, 0.6) is 0 Å². The van der Waals surface area contributed by atoms with Crippen molar-refractivity contribution in [2.45, 2.75) is 27.7 Å². The lowest BCUT2D eigenvalue weighted by Crippen LogP contribution is -2.31. The second-order valence-corrected chi connectivity index (χ2v) is 5.47. The van der Waals surface area contributed by atoms with Crippen LogP contribution in [0.3, 0.4) is 0 Å². The highest BCUT2D eigenvalue weighted by Crippen LogP contribution is 2.20. The molecule has 7 heteroatoms. The van der Waals surface area contributed by atoms with Crippen molar-refractivity contribution in [3.05, 3.63) is 34.8 Å². The molecule has 2 aromatic rings. The summed E-state index contributed by atoms with van der Waals surface area (Å²) >= 11 is 0. The molecule has 3 N–H and O–H groups in total. The number of halogens is 1. The quantitative estimate of drug-likeness (QED) is 0.881. The Morgan fingerprint density at radius 1 is 1.41 bits per heavy atom. The molecular weight excluding hydrogens is 304 g/mol. The van der Waals surface area contributed by atoms with Gasteiger partial charge < -0.3 is 15.6 Å². The van der Waals surface area contributed by atoms with Crippen LogP contribution in [0.15, 0.2) is 16.7 Å².